The number of halogens is 1. The van der Waals surface area contributed by atoms with E-state index in [1.165, 1.54) is 5.69 Å². The normalized spacial score (nSPS) is 16.0. The summed E-state index contributed by atoms with van der Waals surface area (Å²) in [5, 5.41) is 10.4. The number of piperazine rings is 1. The third kappa shape index (κ3) is 4.08. The Bertz CT molecular complexity index is 707. The van der Waals surface area contributed by atoms with Crippen molar-refractivity contribution in [2.45, 2.75) is 6.92 Å². The van der Waals surface area contributed by atoms with Crippen LogP contribution < -0.4 is 4.90 Å². The Morgan fingerprint density at radius 2 is 1.79 bits per heavy atom. The Hall–Kier alpha value is -2.04. The Morgan fingerprint density at radius 3 is 2.46 bits per heavy atom. The Kier molecular flexibility index (Phi) is 5.38. The van der Waals surface area contributed by atoms with Crippen LogP contribution in [-0.2, 0) is 0 Å². The van der Waals surface area contributed by atoms with E-state index in [0.29, 0.717) is 10.6 Å². The maximum atomic E-state index is 9.81. The van der Waals surface area contributed by atoms with Crippen LogP contribution in [0.25, 0.3) is 0 Å². The van der Waals surface area contributed by atoms with Crippen LogP contribution in [-0.4, -0.2) is 48.9 Å². The summed E-state index contributed by atoms with van der Waals surface area (Å²) in [6, 6.07) is 13.1. The molecule has 0 amide bonds. The third-order valence-corrected chi connectivity index (χ3v) is 4.61. The molecule has 1 heterocycles. The molecule has 24 heavy (non-hydrogen) atoms. The molecule has 0 spiro atoms. The van der Waals surface area contributed by atoms with E-state index in [2.05, 4.69) is 33.8 Å². The van der Waals surface area contributed by atoms with Gasteiger partial charge in [0.25, 0.3) is 0 Å². The number of phenols is 1. The van der Waals surface area contributed by atoms with E-state index in [-0.39, 0.29) is 5.75 Å². The SMILES string of the molecule is CCN1CCN(c2ccc(N=Cc3cc(Cl)ccc3O)cc2)CC1. The summed E-state index contributed by atoms with van der Waals surface area (Å²) in [7, 11) is 0. The van der Waals surface area contributed by atoms with Crippen molar-refractivity contribution < 1.29 is 5.11 Å². The second-order valence-electron chi connectivity index (χ2n) is 5.90. The maximum Gasteiger partial charge on any atom is 0.124 e. The van der Waals surface area contributed by atoms with Crippen LogP contribution in [0.4, 0.5) is 11.4 Å². The summed E-state index contributed by atoms with van der Waals surface area (Å²) >= 11 is 5.94. The number of aliphatic imine (C=N–C) groups is 1. The van der Waals surface area contributed by atoms with Gasteiger partial charge < -0.3 is 14.9 Å². The maximum absolute atomic E-state index is 9.81. The van der Waals surface area contributed by atoms with E-state index in [0.717, 1.165) is 38.4 Å². The minimum Gasteiger partial charge on any atom is -0.507 e. The summed E-state index contributed by atoms with van der Waals surface area (Å²) in [6.07, 6.45) is 1.64. The van der Waals surface area contributed by atoms with Crippen molar-refractivity contribution in [1.29, 1.82) is 0 Å². The van der Waals surface area contributed by atoms with Gasteiger partial charge in [0.1, 0.15) is 5.75 Å². The molecule has 0 unspecified atom stereocenters. The van der Waals surface area contributed by atoms with Crippen LogP contribution >= 0.6 is 11.6 Å². The molecule has 126 valence electrons. The summed E-state index contributed by atoms with van der Waals surface area (Å²) in [4.78, 5) is 9.29. The van der Waals surface area contributed by atoms with E-state index in [1.54, 1.807) is 24.4 Å². The van der Waals surface area contributed by atoms with Gasteiger partial charge in [-0.2, -0.15) is 0 Å². The first-order valence-electron chi connectivity index (χ1n) is 8.25. The van der Waals surface area contributed by atoms with E-state index >= 15 is 0 Å². The first-order chi connectivity index (χ1) is 11.7. The molecule has 2 aromatic carbocycles. The van der Waals surface area contributed by atoms with Crippen molar-refractivity contribution in [2.75, 3.05) is 37.6 Å². The Balaban J connectivity index is 1.66. The first-order valence-corrected chi connectivity index (χ1v) is 8.63. The topological polar surface area (TPSA) is 39.1 Å². The Labute approximate surface area is 148 Å². The van der Waals surface area contributed by atoms with E-state index in [4.69, 9.17) is 11.6 Å². The van der Waals surface area contributed by atoms with Gasteiger partial charge in [-0.3, -0.25) is 4.99 Å². The number of hydrogen-bond acceptors (Lipinski definition) is 4. The average molecular weight is 344 g/mol. The van der Waals surface area contributed by atoms with Crippen LogP contribution in [0.1, 0.15) is 12.5 Å². The van der Waals surface area contributed by atoms with E-state index < -0.39 is 0 Å². The summed E-state index contributed by atoms with van der Waals surface area (Å²) in [5.41, 5.74) is 2.70. The van der Waals surface area contributed by atoms with Crippen LogP contribution in [0.5, 0.6) is 5.75 Å². The van der Waals surface area contributed by atoms with Gasteiger partial charge in [-0.05, 0) is 49.0 Å². The number of aromatic hydroxyl groups is 1. The summed E-state index contributed by atoms with van der Waals surface area (Å²) in [5.74, 6) is 0.175. The van der Waals surface area contributed by atoms with Crippen molar-refractivity contribution in [3.05, 3.63) is 53.1 Å². The van der Waals surface area contributed by atoms with Gasteiger partial charge in [0.15, 0.2) is 0 Å². The number of nitrogens with zero attached hydrogens (tertiary/aromatic N) is 3. The highest BCUT2D eigenvalue weighted by atomic mass is 35.5. The largest absolute Gasteiger partial charge is 0.507 e. The molecule has 0 aromatic heterocycles. The molecule has 2 aromatic rings. The highest BCUT2D eigenvalue weighted by Gasteiger charge is 2.15. The number of likely N-dealkylation sites (N-methyl/N-ethyl adjacent to an activating group) is 1. The lowest BCUT2D eigenvalue weighted by atomic mass is 10.2. The van der Waals surface area contributed by atoms with Crippen molar-refractivity contribution in [3.8, 4) is 5.75 Å². The number of hydrogen-bond donors (Lipinski definition) is 1. The fourth-order valence-corrected chi connectivity index (χ4v) is 3.03. The van der Waals surface area contributed by atoms with Gasteiger partial charge >= 0.3 is 0 Å². The van der Waals surface area contributed by atoms with Crippen molar-refractivity contribution in [2.24, 2.45) is 4.99 Å². The highest BCUT2D eigenvalue weighted by molar-refractivity contribution is 6.30. The molecule has 5 heteroatoms. The average Bonchev–Trinajstić information content (AvgIpc) is 2.63. The zero-order valence-electron chi connectivity index (χ0n) is 13.8. The molecule has 0 saturated carbocycles. The van der Waals surface area contributed by atoms with Crippen molar-refractivity contribution in [1.82, 2.24) is 4.90 Å². The lowest BCUT2D eigenvalue weighted by molar-refractivity contribution is 0.271. The van der Waals surface area contributed by atoms with Gasteiger partial charge in [-0.15, -0.1) is 0 Å². The molecule has 4 nitrogen and oxygen atoms in total. The highest BCUT2D eigenvalue weighted by Crippen LogP contribution is 2.23. The molecule has 0 radical (unpaired) electrons. The van der Waals surface area contributed by atoms with Gasteiger partial charge in [0, 0.05) is 48.7 Å². The van der Waals surface area contributed by atoms with Gasteiger partial charge in [0.2, 0.25) is 0 Å². The van der Waals surface area contributed by atoms with E-state index in [1.807, 2.05) is 12.1 Å². The van der Waals surface area contributed by atoms with Gasteiger partial charge in [0.05, 0.1) is 5.69 Å². The number of benzene rings is 2. The zero-order chi connectivity index (χ0) is 16.9. The van der Waals surface area contributed by atoms with Crippen LogP contribution in [0.15, 0.2) is 47.5 Å². The number of anilines is 1. The molecule has 1 N–H and O–H groups in total. The lowest BCUT2D eigenvalue weighted by Gasteiger charge is -2.35. The lowest BCUT2D eigenvalue weighted by Crippen LogP contribution is -2.46. The second-order valence-corrected chi connectivity index (χ2v) is 6.34. The number of rotatable bonds is 4. The van der Waals surface area contributed by atoms with Gasteiger partial charge in [-0.1, -0.05) is 18.5 Å². The van der Waals surface area contributed by atoms with Gasteiger partial charge in [-0.25, -0.2) is 0 Å². The van der Waals surface area contributed by atoms with E-state index in [9.17, 15) is 5.11 Å². The molecular weight excluding hydrogens is 322 g/mol. The second kappa shape index (κ2) is 7.69. The zero-order valence-corrected chi connectivity index (χ0v) is 14.6. The van der Waals surface area contributed by atoms with Crippen LogP contribution in [0.2, 0.25) is 5.02 Å². The van der Waals surface area contributed by atoms with Crippen molar-refractivity contribution >= 4 is 29.2 Å². The van der Waals surface area contributed by atoms with Crippen molar-refractivity contribution in [3.63, 3.8) is 0 Å². The van der Waals surface area contributed by atoms with Crippen LogP contribution in [0.3, 0.4) is 0 Å². The minimum absolute atomic E-state index is 0.175. The smallest absolute Gasteiger partial charge is 0.124 e. The molecule has 1 aliphatic rings. The third-order valence-electron chi connectivity index (χ3n) is 4.38. The Morgan fingerprint density at radius 1 is 1.08 bits per heavy atom. The quantitative estimate of drug-likeness (QED) is 0.855. The molecule has 1 saturated heterocycles. The molecule has 1 aliphatic heterocycles. The fraction of sp³-hybridized carbons (Fsp3) is 0.316. The molecule has 3 rings (SSSR count). The first kappa shape index (κ1) is 16.8. The fourth-order valence-electron chi connectivity index (χ4n) is 2.84. The molecular formula is C19H22ClN3O. The molecule has 0 atom stereocenters. The van der Waals surface area contributed by atoms with Crippen LogP contribution in [0, 0.1) is 0 Å². The minimum atomic E-state index is 0.175. The standard InChI is InChI=1S/C19H22ClN3O/c1-2-22-9-11-23(12-10-22)18-6-4-17(5-7-18)21-14-15-13-16(20)3-8-19(15)24/h3-8,13-14,24H,2,9-12H2,1H3. The predicted molar refractivity (Wildman–Crippen MR) is 101 cm³/mol. The molecule has 0 aliphatic carbocycles. The molecule has 1 fully saturated rings. The summed E-state index contributed by atoms with van der Waals surface area (Å²) < 4.78 is 0. The monoisotopic (exact) mass is 343 g/mol. The predicted octanol–water partition coefficient (Wildman–Crippen LogP) is 3.94. The summed E-state index contributed by atoms with van der Waals surface area (Å²) in [6.45, 7) is 7.69. The number of phenolic OH excluding ortho intramolecular Hbond substituents is 1. The molecule has 0 bridgehead atoms.